The molecule has 5 heteroatoms. The summed E-state index contributed by atoms with van der Waals surface area (Å²) in [5.41, 5.74) is 0.497. The highest BCUT2D eigenvalue weighted by Crippen LogP contribution is 2.12. The molecule has 0 aliphatic carbocycles. The van der Waals surface area contributed by atoms with Crippen LogP contribution in [0, 0.1) is 0 Å². The molecule has 1 aromatic heterocycles. The minimum absolute atomic E-state index is 0.497. The van der Waals surface area contributed by atoms with Crippen LogP contribution in [-0.4, -0.2) is 53.7 Å². The second kappa shape index (κ2) is 7.05. The number of carbonyl (C=O) groups is 1. The van der Waals surface area contributed by atoms with Gasteiger partial charge in [-0.1, -0.05) is 19.1 Å². The molecule has 1 aliphatic heterocycles. The molecule has 1 fully saturated rings. The molecule has 0 saturated carbocycles. The zero-order chi connectivity index (χ0) is 14.4. The number of piperazine rings is 1. The standard InChI is InChI=1S/C15H21N3O2/c1-2-13(15(19)20)6-8-17-9-11-18(12-10-17)14-5-3-4-7-16-14/h3-7H,2,8-12H2,1H3,(H,19,20). The maximum Gasteiger partial charge on any atom is 0.331 e. The van der Waals surface area contributed by atoms with E-state index >= 15 is 0 Å². The van der Waals surface area contributed by atoms with Crippen molar-refractivity contribution >= 4 is 11.8 Å². The number of hydrogen-bond donors (Lipinski definition) is 1. The summed E-state index contributed by atoms with van der Waals surface area (Å²) in [5, 5.41) is 8.99. The number of pyridine rings is 1. The van der Waals surface area contributed by atoms with Crippen LogP contribution in [0.2, 0.25) is 0 Å². The van der Waals surface area contributed by atoms with Gasteiger partial charge in [0.15, 0.2) is 0 Å². The van der Waals surface area contributed by atoms with Crippen LogP contribution in [0.3, 0.4) is 0 Å². The van der Waals surface area contributed by atoms with Crippen LogP contribution in [-0.2, 0) is 4.79 Å². The SMILES string of the molecule is CCC(=CCN1CCN(c2ccccn2)CC1)C(=O)O. The Bertz CT molecular complexity index is 465. The molecule has 0 radical (unpaired) electrons. The summed E-state index contributed by atoms with van der Waals surface area (Å²) < 4.78 is 0. The Morgan fingerprint density at radius 3 is 2.65 bits per heavy atom. The second-order valence-electron chi connectivity index (χ2n) is 4.86. The summed E-state index contributed by atoms with van der Waals surface area (Å²) in [4.78, 5) is 19.8. The average molecular weight is 275 g/mol. The average Bonchev–Trinajstić information content (AvgIpc) is 2.49. The van der Waals surface area contributed by atoms with Crippen LogP contribution < -0.4 is 4.90 Å². The maximum atomic E-state index is 10.9. The number of carboxylic acid groups (broad SMARTS) is 1. The topological polar surface area (TPSA) is 56.7 Å². The molecule has 0 unspecified atom stereocenters. The van der Waals surface area contributed by atoms with E-state index in [0.29, 0.717) is 18.5 Å². The van der Waals surface area contributed by atoms with Crippen LogP contribution in [0.25, 0.3) is 0 Å². The molecule has 0 amide bonds. The van der Waals surface area contributed by atoms with E-state index in [9.17, 15) is 4.79 Å². The third-order valence-corrected chi connectivity index (χ3v) is 3.60. The Labute approximate surface area is 119 Å². The lowest BCUT2D eigenvalue weighted by Gasteiger charge is -2.34. The van der Waals surface area contributed by atoms with Gasteiger partial charge in [-0.2, -0.15) is 0 Å². The Balaban J connectivity index is 1.84. The van der Waals surface area contributed by atoms with E-state index in [1.54, 1.807) is 0 Å². The Kier molecular flexibility index (Phi) is 5.12. The highest BCUT2D eigenvalue weighted by Gasteiger charge is 2.17. The molecule has 20 heavy (non-hydrogen) atoms. The molecule has 0 bridgehead atoms. The van der Waals surface area contributed by atoms with E-state index in [1.807, 2.05) is 37.4 Å². The molecule has 1 saturated heterocycles. The fraction of sp³-hybridized carbons (Fsp3) is 0.467. The van der Waals surface area contributed by atoms with Gasteiger partial charge in [-0.25, -0.2) is 9.78 Å². The van der Waals surface area contributed by atoms with Crippen LogP contribution in [0.15, 0.2) is 36.0 Å². The van der Waals surface area contributed by atoms with Crippen molar-refractivity contribution in [1.29, 1.82) is 0 Å². The van der Waals surface area contributed by atoms with Gasteiger partial charge in [0.1, 0.15) is 5.82 Å². The summed E-state index contributed by atoms with van der Waals surface area (Å²) in [6, 6.07) is 5.94. The summed E-state index contributed by atoms with van der Waals surface area (Å²) >= 11 is 0. The van der Waals surface area contributed by atoms with Gasteiger partial charge >= 0.3 is 5.97 Å². The summed E-state index contributed by atoms with van der Waals surface area (Å²) in [6.07, 6.45) is 4.22. The molecule has 0 spiro atoms. The minimum Gasteiger partial charge on any atom is -0.478 e. The van der Waals surface area contributed by atoms with Gasteiger partial charge in [-0.3, -0.25) is 4.90 Å². The largest absolute Gasteiger partial charge is 0.478 e. The van der Waals surface area contributed by atoms with Crippen molar-refractivity contribution in [3.63, 3.8) is 0 Å². The van der Waals surface area contributed by atoms with Crippen LogP contribution in [0.4, 0.5) is 5.82 Å². The smallest absolute Gasteiger partial charge is 0.331 e. The van der Waals surface area contributed by atoms with Crippen molar-refractivity contribution in [2.24, 2.45) is 0 Å². The zero-order valence-corrected chi connectivity index (χ0v) is 11.8. The van der Waals surface area contributed by atoms with E-state index < -0.39 is 5.97 Å². The van der Waals surface area contributed by atoms with E-state index in [0.717, 1.165) is 32.0 Å². The minimum atomic E-state index is -0.806. The fourth-order valence-electron chi connectivity index (χ4n) is 2.32. The van der Waals surface area contributed by atoms with Gasteiger partial charge in [0.2, 0.25) is 0 Å². The molecule has 0 atom stereocenters. The number of nitrogens with zero attached hydrogens (tertiary/aromatic N) is 3. The highest BCUT2D eigenvalue weighted by molar-refractivity contribution is 5.86. The first-order valence-electron chi connectivity index (χ1n) is 7.01. The molecular formula is C15H21N3O2. The van der Waals surface area contributed by atoms with Gasteiger partial charge in [0.05, 0.1) is 0 Å². The third-order valence-electron chi connectivity index (χ3n) is 3.60. The molecular weight excluding hydrogens is 254 g/mol. The van der Waals surface area contributed by atoms with E-state index in [1.165, 1.54) is 0 Å². The van der Waals surface area contributed by atoms with Crippen molar-refractivity contribution in [1.82, 2.24) is 9.88 Å². The zero-order valence-electron chi connectivity index (χ0n) is 11.8. The first kappa shape index (κ1) is 14.5. The van der Waals surface area contributed by atoms with E-state index in [2.05, 4.69) is 14.8 Å². The van der Waals surface area contributed by atoms with Gasteiger partial charge in [0.25, 0.3) is 0 Å². The number of rotatable bonds is 5. The van der Waals surface area contributed by atoms with Crippen LogP contribution in [0.1, 0.15) is 13.3 Å². The molecule has 2 rings (SSSR count). The normalized spacial score (nSPS) is 17.2. The monoisotopic (exact) mass is 275 g/mol. The number of hydrogen-bond acceptors (Lipinski definition) is 4. The number of anilines is 1. The van der Waals surface area contributed by atoms with Crippen molar-refractivity contribution in [2.75, 3.05) is 37.6 Å². The molecule has 1 aliphatic rings. The predicted octanol–water partition coefficient (Wildman–Crippen LogP) is 1.62. The Hall–Kier alpha value is -1.88. The first-order chi connectivity index (χ1) is 9.70. The van der Waals surface area contributed by atoms with Gasteiger partial charge < -0.3 is 10.0 Å². The molecule has 2 heterocycles. The van der Waals surface area contributed by atoms with Crippen molar-refractivity contribution in [2.45, 2.75) is 13.3 Å². The predicted molar refractivity (Wildman–Crippen MR) is 78.9 cm³/mol. The highest BCUT2D eigenvalue weighted by atomic mass is 16.4. The lowest BCUT2D eigenvalue weighted by atomic mass is 10.2. The van der Waals surface area contributed by atoms with Gasteiger partial charge in [0, 0.05) is 44.5 Å². The maximum absolute atomic E-state index is 10.9. The quantitative estimate of drug-likeness (QED) is 0.828. The fourth-order valence-corrected chi connectivity index (χ4v) is 2.32. The molecule has 1 aromatic rings. The van der Waals surface area contributed by atoms with Crippen molar-refractivity contribution in [3.05, 3.63) is 36.0 Å². The van der Waals surface area contributed by atoms with Crippen LogP contribution in [0.5, 0.6) is 0 Å². The number of carboxylic acids is 1. The van der Waals surface area contributed by atoms with Gasteiger partial charge in [-0.05, 0) is 18.6 Å². The summed E-state index contributed by atoms with van der Waals surface area (Å²) in [7, 11) is 0. The lowest BCUT2D eigenvalue weighted by Crippen LogP contribution is -2.46. The molecule has 5 nitrogen and oxygen atoms in total. The summed E-state index contributed by atoms with van der Waals surface area (Å²) in [6.45, 7) is 6.32. The van der Waals surface area contributed by atoms with Crippen molar-refractivity contribution in [3.8, 4) is 0 Å². The lowest BCUT2D eigenvalue weighted by molar-refractivity contribution is -0.132. The van der Waals surface area contributed by atoms with Crippen molar-refractivity contribution < 1.29 is 9.90 Å². The number of aliphatic carboxylic acids is 1. The van der Waals surface area contributed by atoms with Crippen LogP contribution >= 0.6 is 0 Å². The molecule has 0 aromatic carbocycles. The first-order valence-corrected chi connectivity index (χ1v) is 7.01. The number of aromatic nitrogens is 1. The second-order valence-corrected chi connectivity index (χ2v) is 4.86. The molecule has 108 valence electrons. The Morgan fingerprint density at radius 2 is 2.10 bits per heavy atom. The Morgan fingerprint density at radius 1 is 1.35 bits per heavy atom. The molecule has 1 N–H and O–H groups in total. The van der Waals surface area contributed by atoms with E-state index in [4.69, 9.17) is 5.11 Å². The third kappa shape index (κ3) is 3.81. The summed E-state index contributed by atoms with van der Waals surface area (Å²) in [5.74, 6) is 0.210. The van der Waals surface area contributed by atoms with E-state index in [-0.39, 0.29) is 0 Å². The van der Waals surface area contributed by atoms with Gasteiger partial charge in [-0.15, -0.1) is 0 Å².